The van der Waals surface area contributed by atoms with E-state index >= 15 is 0 Å². The molecule has 3 aromatic heterocycles. The van der Waals surface area contributed by atoms with E-state index in [0.717, 1.165) is 10.9 Å². The molecule has 0 bridgehead atoms. The van der Waals surface area contributed by atoms with Gasteiger partial charge in [-0.15, -0.1) is 0 Å². The van der Waals surface area contributed by atoms with Gasteiger partial charge in [-0.25, -0.2) is 9.97 Å². The summed E-state index contributed by atoms with van der Waals surface area (Å²) in [5.41, 5.74) is 7.22. The van der Waals surface area contributed by atoms with Gasteiger partial charge in [0, 0.05) is 23.8 Å². The van der Waals surface area contributed by atoms with Crippen LogP contribution in [-0.4, -0.2) is 54.1 Å². The molecule has 9 nitrogen and oxygen atoms in total. The van der Waals surface area contributed by atoms with E-state index in [1.165, 1.54) is 6.33 Å². The molecule has 1 unspecified atom stereocenters. The number of nitrogens with two attached hydrogens (primary N) is 1. The Morgan fingerprint density at radius 2 is 2.00 bits per heavy atom. The second-order valence-corrected chi connectivity index (χ2v) is 7.37. The van der Waals surface area contributed by atoms with Crippen LogP contribution in [0, 0.1) is 0 Å². The summed E-state index contributed by atoms with van der Waals surface area (Å²) >= 11 is 0. The molecule has 9 heteroatoms. The summed E-state index contributed by atoms with van der Waals surface area (Å²) in [6.45, 7) is 1.79. The van der Waals surface area contributed by atoms with E-state index in [4.69, 9.17) is 15.2 Å². The van der Waals surface area contributed by atoms with E-state index in [0.29, 0.717) is 22.6 Å². The van der Waals surface area contributed by atoms with Gasteiger partial charge in [-0.3, -0.25) is 4.98 Å². The van der Waals surface area contributed by atoms with Crippen LogP contribution in [0.4, 0.5) is 5.82 Å². The van der Waals surface area contributed by atoms with Gasteiger partial charge in [-0.2, -0.15) is 0 Å². The molecular weight excluding hydrogens is 386 g/mol. The third-order valence-corrected chi connectivity index (χ3v) is 5.45. The summed E-state index contributed by atoms with van der Waals surface area (Å²) in [5.74, 6) is 0.944. The van der Waals surface area contributed by atoms with Crippen LogP contribution >= 0.6 is 0 Å². The zero-order valence-corrected chi connectivity index (χ0v) is 16.2. The molecule has 1 fully saturated rings. The smallest absolute Gasteiger partial charge is 0.164 e. The number of rotatable bonds is 4. The molecule has 1 saturated heterocycles. The van der Waals surface area contributed by atoms with Gasteiger partial charge in [-0.1, -0.05) is 6.07 Å². The Labute approximate surface area is 171 Å². The van der Waals surface area contributed by atoms with Gasteiger partial charge >= 0.3 is 0 Å². The number of ether oxygens (including phenoxy) is 2. The van der Waals surface area contributed by atoms with E-state index in [2.05, 4.69) is 15.0 Å². The van der Waals surface area contributed by atoms with Crippen molar-refractivity contribution in [3.8, 4) is 5.75 Å². The molecule has 1 aliphatic heterocycles. The number of hydrogen-bond donors (Lipinski definition) is 3. The summed E-state index contributed by atoms with van der Waals surface area (Å²) in [7, 11) is 0. The Morgan fingerprint density at radius 3 is 2.87 bits per heavy atom. The largest absolute Gasteiger partial charge is 0.488 e. The van der Waals surface area contributed by atoms with Crippen molar-refractivity contribution < 1.29 is 19.7 Å². The van der Waals surface area contributed by atoms with Crippen molar-refractivity contribution in [3.63, 3.8) is 0 Å². The molecule has 5 atom stereocenters. The predicted octanol–water partition coefficient (Wildman–Crippen LogP) is 1.65. The van der Waals surface area contributed by atoms with Crippen LogP contribution in [0.1, 0.15) is 13.2 Å². The first-order valence-corrected chi connectivity index (χ1v) is 9.63. The van der Waals surface area contributed by atoms with Crippen LogP contribution in [0.25, 0.3) is 21.9 Å². The minimum Gasteiger partial charge on any atom is -0.488 e. The number of nitrogens with zero attached hydrogens (tertiary/aromatic N) is 4. The summed E-state index contributed by atoms with van der Waals surface area (Å²) in [6, 6.07) is 11.2. The number of nitrogen functional groups attached to an aromatic ring is 1. The highest BCUT2D eigenvalue weighted by Gasteiger charge is 2.47. The fourth-order valence-electron chi connectivity index (χ4n) is 3.90. The first-order chi connectivity index (χ1) is 14.5. The van der Waals surface area contributed by atoms with Gasteiger partial charge in [0.25, 0.3) is 0 Å². The van der Waals surface area contributed by atoms with E-state index < -0.39 is 30.6 Å². The molecule has 5 rings (SSSR count). The summed E-state index contributed by atoms with van der Waals surface area (Å²) in [5, 5.41) is 22.9. The molecule has 0 amide bonds. The second kappa shape index (κ2) is 7.21. The molecule has 0 radical (unpaired) electrons. The Balaban J connectivity index is 1.38. The third-order valence-electron chi connectivity index (χ3n) is 5.45. The number of aromatic nitrogens is 4. The second-order valence-electron chi connectivity index (χ2n) is 7.37. The molecule has 0 aliphatic carbocycles. The van der Waals surface area contributed by atoms with Crippen molar-refractivity contribution in [2.75, 3.05) is 5.73 Å². The molecule has 1 aromatic carbocycles. The SMILES string of the molecule is CC(Oc1ccc2cccnc2c1)[C@H]1O[C@@H](n2ccc3c(N)ncnc32)[C@H](O)[C@@H]1O. The molecule has 154 valence electrons. The van der Waals surface area contributed by atoms with Crippen molar-refractivity contribution in [2.45, 2.75) is 37.6 Å². The van der Waals surface area contributed by atoms with Crippen LogP contribution < -0.4 is 10.5 Å². The Morgan fingerprint density at radius 1 is 1.13 bits per heavy atom. The van der Waals surface area contributed by atoms with Crippen LogP contribution in [-0.2, 0) is 4.74 Å². The van der Waals surface area contributed by atoms with Crippen molar-refractivity contribution in [1.29, 1.82) is 0 Å². The van der Waals surface area contributed by atoms with Gasteiger partial charge in [0.1, 0.15) is 48.0 Å². The lowest BCUT2D eigenvalue weighted by molar-refractivity contribution is -0.0705. The summed E-state index contributed by atoms with van der Waals surface area (Å²) in [4.78, 5) is 12.5. The predicted molar refractivity (Wildman–Crippen MR) is 110 cm³/mol. The molecule has 0 saturated carbocycles. The first kappa shape index (κ1) is 18.7. The van der Waals surface area contributed by atoms with Crippen molar-refractivity contribution in [3.05, 3.63) is 55.1 Å². The molecule has 1 aliphatic rings. The lowest BCUT2D eigenvalue weighted by Crippen LogP contribution is -2.40. The Hall–Kier alpha value is -3.27. The zero-order chi connectivity index (χ0) is 20.8. The van der Waals surface area contributed by atoms with Gasteiger partial charge in [0.05, 0.1) is 10.9 Å². The molecule has 0 spiro atoms. The number of aliphatic hydroxyl groups excluding tert-OH is 2. The fourth-order valence-corrected chi connectivity index (χ4v) is 3.90. The molecule has 4 aromatic rings. The monoisotopic (exact) mass is 407 g/mol. The van der Waals surface area contributed by atoms with E-state index in [9.17, 15) is 10.2 Å². The van der Waals surface area contributed by atoms with Crippen molar-refractivity contribution in [1.82, 2.24) is 19.5 Å². The normalized spacial score (nSPS) is 25.0. The number of aliphatic hydroxyl groups is 2. The average molecular weight is 407 g/mol. The fraction of sp³-hybridized carbons (Fsp3) is 0.286. The lowest BCUT2D eigenvalue weighted by Gasteiger charge is -2.23. The maximum Gasteiger partial charge on any atom is 0.164 e. The van der Waals surface area contributed by atoms with Crippen LogP contribution in [0.2, 0.25) is 0 Å². The standard InChI is InChI=1S/C21H21N5O4/c1-11(29-13-5-4-12-3-2-7-23-15(12)9-13)18-16(27)17(28)21(30-18)26-8-6-14-19(22)24-10-25-20(14)26/h2-11,16-18,21,27-28H,1H3,(H2,22,24,25)/t11?,16-,17+,18+,21+/m0/s1. The van der Waals surface area contributed by atoms with Gasteiger partial charge in [0.15, 0.2) is 6.23 Å². The summed E-state index contributed by atoms with van der Waals surface area (Å²) < 4.78 is 13.7. The maximum absolute atomic E-state index is 10.6. The number of fused-ring (bicyclic) bond motifs is 2. The molecule has 30 heavy (non-hydrogen) atoms. The minimum atomic E-state index is -1.16. The average Bonchev–Trinajstić information content (AvgIpc) is 3.30. The number of pyridine rings is 1. The van der Waals surface area contributed by atoms with Crippen LogP contribution in [0.5, 0.6) is 5.75 Å². The topological polar surface area (TPSA) is 129 Å². The zero-order valence-electron chi connectivity index (χ0n) is 16.2. The first-order valence-electron chi connectivity index (χ1n) is 9.63. The maximum atomic E-state index is 10.6. The van der Waals surface area contributed by atoms with Crippen molar-refractivity contribution in [2.24, 2.45) is 0 Å². The van der Waals surface area contributed by atoms with Gasteiger partial charge in [-0.05, 0) is 31.2 Å². The molecular formula is C21H21N5O4. The highest BCUT2D eigenvalue weighted by molar-refractivity contribution is 5.86. The van der Waals surface area contributed by atoms with E-state index in [1.54, 1.807) is 30.0 Å². The quantitative estimate of drug-likeness (QED) is 0.466. The highest BCUT2D eigenvalue weighted by atomic mass is 16.6. The van der Waals surface area contributed by atoms with Crippen LogP contribution in [0.15, 0.2) is 55.1 Å². The lowest BCUT2D eigenvalue weighted by atomic mass is 10.1. The highest BCUT2D eigenvalue weighted by Crippen LogP contribution is 2.35. The Bertz CT molecular complexity index is 1210. The molecule has 4 N–H and O–H groups in total. The summed E-state index contributed by atoms with van der Waals surface area (Å²) in [6.07, 6.45) is 0.371. The number of benzene rings is 1. The molecule has 4 heterocycles. The van der Waals surface area contributed by atoms with Crippen molar-refractivity contribution >= 4 is 27.8 Å². The van der Waals surface area contributed by atoms with Gasteiger partial charge in [0.2, 0.25) is 0 Å². The third kappa shape index (κ3) is 3.04. The number of hydrogen-bond acceptors (Lipinski definition) is 8. The van der Waals surface area contributed by atoms with E-state index in [-0.39, 0.29) is 0 Å². The number of anilines is 1. The Kier molecular flexibility index (Phi) is 4.50. The van der Waals surface area contributed by atoms with Crippen LogP contribution in [0.3, 0.4) is 0 Å². The van der Waals surface area contributed by atoms with Gasteiger partial charge < -0.3 is 30.0 Å². The van der Waals surface area contributed by atoms with E-state index in [1.807, 2.05) is 30.3 Å². The minimum absolute atomic E-state index is 0.338.